The molecule has 1 aromatic rings. The number of nitrogens with two attached hydrogens (primary N) is 1. The van der Waals surface area contributed by atoms with Gasteiger partial charge in [-0.25, -0.2) is 5.01 Å². The van der Waals surface area contributed by atoms with Crippen LogP contribution >= 0.6 is 0 Å². The van der Waals surface area contributed by atoms with E-state index in [1.165, 1.54) is 24.5 Å². The van der Waals surface area contributed by atoms with Crippen molar-refractivity contribution < 1.29 is 4.79 Å². The molecule has 0 spiro atoms. The van der Waals surface area contributed by atoms with Crippen LogP contribution in [0.2, 0.25) is 0 Å². The number of nitrogens with zero attached hydrogens (tertiary/aromatic N) is 5. The Labute approximate surface area is 113 Å². The molecule has 1 aliphatic heterocycles. The molecule has 1 aromatic heterocycles. The summed E-state index contributed by atoms with van der Waals surface area (Å²) < 4.78 is 0. The Bertz CT molecular complexity index is 703. The van der Waals surface area contributed by atoms with Crippen LogP contribution in [0.3, 0.4) is 0 Å². The fourth-order valence-electron chi connectivity index (χ4n) is 1.70. The third-order valence-corrected chi connectivity index (χ3v) is 2.73. The number of pyridine rings is 1. The van der Waals surface area contributed by atoms with E-state index in [2.05, 4.69) is 10.4 Å². The van der Waals surface area contributed by atoms with Gasteiger partial charge in [0.25, 0.3) is 5.91 Å². The third kappa shape index (κ3) is 1.72. The highest BCUT2D eigenvalue weighted by molar-refractivity contribution is 5.95. The third-order valence-electron chi connectivity index (χ3n) is 2.73. The monoisotopic (exact) mass is 265 g/mol. The molecule has 0 saturated carbocycles. The maximum Gasteiger partial charge on any atom is 0.274 e. The van der Waals surface area contributed by atoms with Gasteiger partial charge in [0, 0.05) is 18.0 Å². The molecule has 3 N–H and O–H groups in total. The van der Waals surface area contributed by atoms with Crippen LogP contribution in [0, 0.1) is 34.0 Å². The molecule has 1 aliphatic rings. The number of nitriles is 3. The van der Waals surface area contributed by atoms with Crippen LogP contribution in [0.5, 0.6) is 0 Å². The summed E-state index contributed by atoms with van der Waals surface area (Å²) in [6, 6.07) is 7.89. The lowest BCUT2D eigenvalue weighted by atomic mass is 9.96. The van der Waals surface area contributed by atoms with Gasteiger partial charge in [-0.15, -0.1) is 0 Å². The van der Waals surface area contributed by atoms with E-state index in [9.17, 15) is 4.79 Å². The summed E-state index contributed by atoms with van der Waals surface area (Å²) in [6.07, 6.45) is 2.83. The standard InChI is InChI=1S/C12H7N7O/c13-5-9-10(16)19(18-12(9,6-14)7-15)11(20)8-1-3-17-4-2-8/h1-4,18H,16H2. The summed E-state index contributed by atoms with van der Waals surface area (Å²) in [5.74, 6) is -0.859. The summed E-state index contributed by atoms with van der Waals surface area (Å²) in [6.45, 7) is 0. The second-order valence-electron chi connectivity index (χ2n) is 3.83. The Morgan fingerprint density at radius 3 is 2.35 bits per heavy atom. The number of hydrazine groups is 1. The van der Waals surface area contributed by atoms with Gasteiger partial charge in [0.15, 0.2) is 0 Å². The zero-order valence-corrected chi connectivity index (χ0v) is 10.0. The summed E-state index contributed by atoms with van der Waals surface area (Å²) in [5, 5.41) is 28.0. The lowest BCUT2D eigenvalue weighted by Gasteiger charge is -2.19. The molecular formula is C12H7N7O. The maximum atomic E-state index is 12.2. The van der Waals surface area contributed by atoms with Crippen LogP contribution < -0.4 is 11.2 Å². The van der Waals surface area contributed by atoms with Crippen LogP contribution in [0.1, 0.15) is 10.4 Å². The van der Waals surface area contributed by atoms with Gasteiger partial charge in [-0.1, -0.05) is 0 Å². The predicted molar refractivity (Wildman–Crippen MR) is 64.3 cm³/mol. The number of carbonyl (C=O) groups excluding carboxylic acids is 1. The largest absolute Gasteiger partial charge is 0.383 e. The highest BCUT2D eigenvalue weighted by atomic mass is 16.2. The summed E-state index contributed by atoms with van der Waals surface area (Å²) in [5.41, 5.74) is 6.04. The van der Waals surface area contributed by atoms with Gasteiger partial charge < -0.3 is 5.73 Å². The number of nitrogens with one attached hydrogen (secondary N) is 1. The molecule has 0 unspecified atom stereocenters. The van der Waals surface area contributed by atoms with E-state index in [4.69, 9.17) is 21.5 Å². The fraction of sp³-hybridized carbons (Fsp3) is 0.0833. The average Bonchev–Trinajstić information content (AvgIpc) is 2.80. The quantitative estimate of drug-likeness (QED) is 0.698. The summed E-state index contributed by atoms with van der Waals surface area (Å²) >= 11 is 0. The normalized spacial score (nSPS) is 16.1. The van der Waals surface area contributed by atoms with Gasteiger partial charge >= 0.3 is 0 Å². The molecule has 0 atom stereocenters. The fourth-order valence-corrected chi connectivity index (χ4v) is 1.70. The average molecular weight is 265 g/mol. The number of aromatic nitrogens is 1. The molecule has 8 heteroatoms. The molecule has 96 valence electrons. The van der Waals surface area contributed by atoms with Crippen molar-refractivity contribution in [1.82, 2.24) is 15.4 Å². The smallest absolute Gasteiger partial charge is 0.274 e. The van der Waals surface area contributed by atoms with Crippen molar-refractivity contribution in [2.45, 2.75) is 5.54 Å². The van der Waals surface area contributed by atoms with Gasteiger partial charge in [0.05, 0.1) is 0 Å². The Balaban J connectivity index is 2.47. The molecule has 0 radical (unpaired) electrons. The van der Waals surface area contributed by atoms with E-state index in [1.807, 2.05) is 0 Å². The van der Waals surface area contributed by atoms with Crippen molar-refractivity contribution in [3.63, 3.8) is 0 Å². The van der Waals surface area contributed by atoms with E-state index in [1.54, 1.807) is 18.2 Å². The van der Waals surface area contributed by atoms with Crippen molar-refractivity contribution in [3.8, 4) is 18.2 Å². The highest BCUT2D eigenvalue weighted by Gasteiger charge is 2.48. The van der Waals surface area contributed by atoms with Gasteiger partial charge in [0.1, 0.15) is 29.6 Å². The first-order valence-corrected chi connectivity index (χ1v) is 5.34. The van der Waals surface area contributed by atoms with Crippen LogP contribution in [0.25, 0.3) is 0 Å². The first kappa shape index (κ1) is 13.0. The molecule has 20 heavy (non-hydrogen) atoms. The number of carbonyl (C=O) groups is 1. The Hall–Kier alpha value is -3.41. The molecular weight excluding hydrogens is 258 g/mol. The number of rotatable bonds is 1. The second-order valence-corrected chi connectivity index (χ2v) is 3.83. The Morgan fingerprint density at radius 2 is 1.90 bits per heavy atom. The van der Waals surface area contributed by atoms with Crippen LogP contribution in [0.15, 0.2) is 35.9 Å². The molecule has 0 aromatic carbocycles. The first-order chi connectivity index (χ1) is 9.59. The molecule has 0 bridgehead atoms. The van der Waals surface area contributed by atoms with Crippen LogP contribution in [-0.2, 0) is 0 Å². The molecule has 8 nitrogen and oxygen atoms in total. The minimum Gasteiger partial charge on any atom is -0.383 e. The predicted octanol–water partition coefficient (Wildman–Crippen LogP) is -0.478. The zero-order valence-electron chi connectivity index (χ0n) is 10.0. The van der Waals surface area contributed by atoms with Gasteiger partial charge in [-0.2, -0.15) is 21.2 Å². The van der Waals surface area contributed by atoms with Crippen molar-refractivity contribution in [3.05, 3.63) is 41.5 Å². The highest BCUT2D eigenvalue weighted by Crippen LogP contribution is 2.26. The minimum atomic E-state index is -1.96. The lowest BCUT2D eigenvalue weighted by molar-refractivity contribution is 0.0735. The van der Waals surface area contributed by atoms with Gasteiger partial charge in [0.2, 0.25) is 5.54 Å². The number of hydrogen-bond donors (Lipinski definition) is 2. The molecule has 2 rings (SSSR count). The molecule has 1 amide bonds. The van der Waals surface area contributed by atoms with Crippen LogP contribution in [0.4, 0.5) is 0 Å². The minimum absolute atomic E-state index is 0.249. The van der Waals surface area contributed by atoms with Crippen LogP contribution in [-0.4, -0.2) is 21.4 Å². The first-order valence-electron chi connectivity index (χ1n) is 5.34. The summed E-state index contributed by atoms with van der Waals surface area (Å²) in [4.78, 5) is 16.0. The topological polar surface area (TPSA) is 143 Å². The van der Waals surface area contributed by atoms with E-state index < -0.39 is 11.4 Å². The van der Waals surface area contributed by atoms with E-state index in [0.29, 0.717) is 0 Å². The van der Waals surface area contributed by atoms with Gasteiger partial charge in [-0.05, 0) is 12.1 Å². The maximum absolute atomic E-state index is 12.2. The van der Waals surface area contributed by atoms with E-state index >= 15 is 0 Å². The molecule has 0 aliphatic carbocycles. The Kier molecular flexibility index (Phi) is 3.06. The molecule has 0 fully saturated rings. The van der Waals surface area contributed by atoms with Crippen molar-refractivity contribution >= 4 is 5.91 Å². The van der Waals surface area contributed by atoms with Crippen molar-refractivity contribution in [1.29, 1.82) is 15.8 Å². The zero-order chi connectivity index (χ0) is 14.8. The number of hydrogen-bond acceptors (Lipinski definition) is 7. The van der Waals surface area contributed by atoms with Crippen molar-refractivity contribution in [2.75, 3.05) is 0 Å². The van der Waals surface area contributed by atoms with E-state index in [-0.39, 0.29) is 17.0 Å². The van der Waals surface area contributed by atoms with E-state index in [0.717, 1.165) is 5.01 Å². The Morgan fingerprint density at radius 1 is 1.30 bits per heavy atom. The summed E-state index contributed by atoms with van der Waals surface area (Å²) in [7, 11) is 0. The second kappa shape index (κ2) is 4.69. The number of amides is 1. The van der Waals surface area contributed by atoms with Crippen molar-refractivity contribution in [2.24, 2.45) is 5.73 Å². The molecule has 0 saturated heterocycles. The van der Waals surface area contributed by atoms with Gasteiger partial charge in [-0.3, -0.25) is 9.78 Å². The lowest BCUT2D eigenvalue weighted by Crippen LogP contribution is -2.49. The molecule has 2 heterocycles. The SMILES string of the molecule is N#CC1=C(N)N(C(=O)c2ccncc2)NC1(C#N)C#N.